The number of rotatable bonds is 10. The molecule has 0 aliphatic heterocycles. The van der Waals surface area contributed by atoms with Crippen molar-refractivity contribution in [3.8, 4) is 0 Å². The normalized spacial score (nSPS) is 17.4. The van der Waals surface area contributed by atoms with Crippen molar-refractivity contribution in [1.82, 2.24) is 4.90 Å². The van der Waals surface area contributed by atoms with E-state index in [1.165, 1.54) is 12.8 Å². The van der Waals surface area contributed by atoms with E-state index in [0.29, 0.717) is 6.42 Å². The Labute approximate surface area is 118 Å². The average molecular weight is 269 g/mol. The van der Waals surface area contributed by atoms with Gasteiger partial charge in [-0.1, -0.05) is 27.7 Å². The van der Waals surface area contributed by atoms with Crippen molar-refractivity contribution < 1.29 is 9.90 Å². The highest BCUT2D eigenvalue weighted by Gasteiger charge is 2.45. The first-order valence-corrected chi connectivity index (χ1v) is 7.77. The highest BCUT2D eigenvalue weighted by molar-refractivity contribution is 5.68. The topological polar surface area (TPSA) is 40.5 Å². The minimum Gasteiger partial charge on any atom is -0.481 e. The zero-order chi connectivity index (χ0) is 14.5. The third-order valence-corrected chi connectivity index (χ3v) is 4.09. The van der Waals surface area contributed by atoms with Crippen molar-refractivity contribution in [1.29, 1.82) is 0 Å². The van der Waals surface area contributed by atoms with Gasteiger partial charge in [0.2, 0.25) is 0 Å². The minimum atomic E-state index is -0.634. The van der Waals surface area contributed by atoms with Gasteiger partial charge < -0.3 is 10.0 Å². The molecule has 3 nitrogen and oxygen atoms in total. The maximum absolute atomic E-state index is 11.0. The fourth-order valence-corrected chi connectivity index (χ4v) is 2.51. The van der Waals surface area contributed by atoms with E-state index in [0.717, 1.165) is 44.3 Å². The monoisotopic (exact) mass is 269 g/mol. The van der Waals surface area contributed by atoms with Gasteiger partial charge in [-0.2, -0.15) is 0 Å². The number of aliphatic carboxylic acids is 1. The molecule has 0 saturated heterocycles. The molecule has 0 aromatic heterocycles. The first kappa shape index (κ1) is 16.5. The van der Waals surface area contributed by atoms with Gasteiger partial charge in [0.05, 0.1) is 6.42 Å². The first-order valence-electron chi connectivity index (χ1n) is 7.77. The smallest absolute Gasteiger partial charge is 0.303 e. The second-order valence-corrected chi connectivity index (χ2v) is 7.21. The molecule has 0 bridgehead atoms. The van der Waals surface area contributed by atoms with Crippen LogP contribution in [0.1, 0.15) is 59.8 Å². The Morgan fingerprint density at radius 2 is 1.58 bits per heavy atom. The highest BCUT2D eigenvalue weighted by atomic mass is 16.4. The number of carbonyl (C=O) groups is 1. The van der Waals surface area contributed by atoms with Crippen LogP contribution in [0.3, 0.4) is 0 Å². The zero-order valence-corrected chi connectivity index (χ0v) is 13.1. The van der Waals surface area contributed by atoms with Gasteiger partial charge in [-0.25, -0.2) is 0 Å². The molecular weight excluding hydrogens is 238 g/mol. The van der Waals surface area contributed by atoms with Crippen molar-refractivity contribution in [3.63, 3.8) is 0 Å². The van der Waals surface area contributed by atoms with Crippen molar-refractivity contribution in [2.24, 2.45) is 17.3 Å². The van der Waals surface area contributed by atoms with Crippen molar-refractivity contribution >= 4 is 5.97 Å². The maximum Gasteiger partial charge on any atom is 0.303 e. The molecule has 1 rings (SSSR count). The summed E-state index contributed by atoms with van der Waals surface area (Å²) in [6, 6.07) is 0. The molecule has 0 radical (unpaired) electrons. The van der Waals surface area contributed by atoms with Gasteiger partial charge in [-0.3, -0.25) is 4.79 Å². The molecular formula is C16H31NO2. The van der Waals surface area contributed by atoms with Crippen LogP contribution >= 0.6 is 0 Å². The van der Waals surface area contributed by atoms with Crippen molar-refractivity contribution in [2.45, 2.75) is 59.8 Å². The Hall–Kier alpha value is -0.570. The van der Waals surface area contributed by atoms with E-state index in [4.69, 9.17) is 5.11 Å². The molecule has 0 atom stereocenters. The van der Waals surface area contributed by atoms with Crippen LogP contribution in [0.5, 0.6) is 0 Å². The maximum atomic E-state index is 11.0. The summed E-state index contributed by atoms with van der Waals surface area (Å²) >= 11 is 0. The molecule has 19 heavy (non-hydrogen) atoms. The number of carboxylic acids is 1. The van der Waals surface area contributed by atoms with E-state index in [9.17, 15) is 4.79 Å². The van der Waals surface area contributed by atoms with Gasteiger partial charge in [-0.15, -0.1) is 0 Å². The number of hydrogen-bond acceptors (Lipinski definition) is 2. The van der Waals surface area contributed by atoms with Crippen LogP contribution < -0.4 is 0 Å². The quantitative estimate of drug-likeness (QED) is 0.658. The van der Waals surface area contributed by atoms with Crippen molar-refractivity contribution in [3.05, 3.63) is 0 Å². The fourth-order valence-electron chi connectivity index (χ4n) is 2.51. The zero-order valence-electron chi connectivity index (χ0n) is 13.1. The summed E-state index contributed by atoms with van der Waals surface area (Å²) in [5.74, 6) is 0.803. The van der Waals surface area contributed by atoms with Crippen LogP contribution in [-0.4, -0.2) is 35.6 Å². The molecule has 1 aliphatic carbocycles. The molecule has 1 aliphatic rings. The van der Waals surface area contributed by atoms with Crippen LogP contribution in [0.2, 0.25) is 0 Å². The van der Waals surface area contributed by atoms with Crippen LogP contribution in [0, 0.1) is 17.3 Å². The first-order chi connectivity index (χ1) is 8.83. The fraction of sp³-hybridized carbons (Fsp3) is 0.938. The van der Waals surface area contributed by atoms with E-state index in [1.807, 2.05) is 0 Å². The number of nitrogens with zero attached hydrogens (tertiary/aromatic N) is 1. The summed E-state index contributed by atoms with van der Waals surface area (Å²) in [6.45, 7) is 12.2. The Balaban J connectivity index is 2.45. The molecule has 3 heteroatoms. The van der Waals surface area contributed by atoms with Gasteiger partial charge in [0, 0.05) is 6.54 Å². The molecule has 1 saturated carbocycles. The minimum absolute atomic E-state index is 0.0970. The third-order valence-electron chi connectivity index (χ3n) is 4.09. The summed E-state index contributed by atoms with van der Waals surface area (Å²) in [4.78, 5) is 13.5. The molecule has 1 fully saturated rings. The summed E-state index contributed by atoms with van der Waals surface area (Å²) in [5.41, 5.74) is 0.0970. The summed E-state index contributed by atoms with van der Waals surface area (Å²) < 4.78 is 0. The Morgan fingerprint density at radius 1 is 1.11 bits per heavy atom. The lowest BCUT2D eigenvalue weighted by Crippen LogP contribution is -2.34. The van der Waals surface area contributed by atoms with Gasteiger partial charge in [0.15, 0.2) is 0 Å². The largest absolute Gasteiger partial charge is 0.481 e. The molecule has 0 spiro atoms. The number of carboxylic acid groups (broad SMARTS) is 1. The van der Waals surface area contributed by atoms with Crippen LogP contribution in [0.4, 0.5) is 0 Å². The predicted octanol–water partition coefficient (Wildman–Crippen LogP) is 3.64. The summed E-state index contributed by atoms with van der Waals surface area (Å²) in [7, 11) is 0. The van der Waals surface area contributed by atoms with Crippen LogP contribution in [0.25, 0.3) is 0 Å². The van der Waals surface area contributed by atoms with Crippen LogP contribution in [-0.2, 0) is 4.79 Å². The molecule has 0 aromatic rings. The third kappa shape index (κ3) is 6.95. The van der Waals surface area contributed by atoms with Gasteiger partial charge in [0.1, 0.15) is 0 Å². The van der Waals surface area contributed by atoms with E-state index in [1.54, 1.807) is 0 Å². The Bertz CT molecular complexity index is 270. The lowest BCUT2D eigenvalue weighted by molar-refractivity contribution is -0.138. The number of hydrogen-bond donors (Lipinski definition) is 1. The SMILES string of the molecule is CC(C)CCN(CCC(C)C)CC1(CC(=O)O)CC1. The second kappa shape index (κ2) is 7.28. The van der Waals surface area contributed by atoms with E-state index >= 15 is 0 Å². The van der Waals surface area contributed by atoms with Crippen molar-refractivity contribution in [2.75, 3.05) is 19.6 Å². The Morgan fingerprint density at radius 3 is 1.89 bits per heavy atom. The summed E-state index contributed by atoms with van der Waals surface area (Å²) in [5, 5.41) is 9.02. The summed E-state index contributed by atoms with van der Waals surface area (Å²) in [6.07, 6.45) is 4.97. The van der Waals surface area contributed by atoms with E-state index in [-0.39, 0.29) is 5.41 Å². The molecule has 0 unspecified atom stereocenters. The van der Waals surface area contributed by atoms with Gasteiger partial charge in [-0.05, 0) is 56.0 Å². The van der Waals surface area contributed by atoms with E-state index in [2.05, 4.69) is 32.6 Å². The average Bonchev–Trinajstić information content (AvgIpc) is 3.00. The van der Waals surface area contributed by atoms with Gasteiger partial charge in [0.25, 0.3) is 0 Å². The molecule has 0 heterocycles. The standard InChI is InChI=1S/C16H31NO2/c1-13(2)5-9-17(10-6-14(3)4)12-16(7-8-16)11-15(18)19/h13-14H,5-12H2,1-4H3,(H,18,19). The highest BCUT2D eigenvalue weighted by Crippen LogP contribution is 2.49. The lowest BCUT2D eigenvalue weighted by Gasteiger charge is -2.28. The lowest BCUT2D eigenvalue weighted by atomic mass is 10.0. The second-order valence-electron chi connectivity index (χ2n) is 7.21. The molecule has 1 N–H and O–H groups in total. The predicted molar refractivity (Wildman–Crippen MR) is 79.3 cm³/mol. The van der Waals surface area contributed by atoms with E-state index < -0.39 is 5.97 Å². The molecule has 0 amide bonds. The van der Waals surface area contributed by atoms with Gasteiger partial charge >= 0.3 is 5.97 Å². The van der Waals surface area contributed by atoms with Crippen LogP contribution in [0.15, 0.2) is 0 Å². The Kier molecular flexibility index (Phi) is 6.31. The molecule has 0 aromatic carbocycles. The molecule has 112 valence electrons.